The summed E-state index contributed by atoms with van der Waals surface area (Å²) >= 11 is 0. The van der Waals surface area contributed by atoms with Gasteiger partial charge in [0.15, 0.2) is 0 Å². The van der Waals surface area contributed by atoms with E-state index in [2.05, 4.69) is 10.2 Å². The highest BCUT2D eigenvalue weighted by Crippen LogP contribution is 2.14. The molecule has 0 fully saturated rings. The van der Waals surface area contributed by atoms with Crippen molar-refractivity contribution in [2.45, 2.75) is 13.8 Å². The topological polar surface area (TPSA) is 100 Å². The molecule has 2 aromatic carbocycles. The van der Waals surface area contributed by atoms with Crippen LogP contribution < -0.4 is 9.90 Å². The van der Waals surface area contributed by atoms with Gasteiger partial charge in [-0.05, 0) is 22.5 Å². The number of hydrogen-bond donors (Lipinski definition) is 0. The van der Waals surface area contributed by atoms with Gasteiger partial charge in [-0.3, -0.25) is 10.1 Å². The smallest absolute Gasteiger partial charge is 0.269 e. The van der Waals surface area contributed by atoms with E-state index in [1.54, 1.807) is 50.2 Å². The highest BCUT2D eigenvalue weighted by molar-refractivity contribution is 5.89. The second kappa shape index (κ2) is 6.52. The van der Waals surface area contributed by atoms with Crippen LogP contribution >= 0.6 is 0 Å². The van der Waals surface area contributed by atoms with Gasteiger partial charge in [-0.15, -0.1) is 0 Å². The Labute approximate surface area is 143 Å². The van der Waals surface area contributed by atoms with Crippen molar-refractivity contribution in [3.05, 3.63) is 81.7 Å². The van der Waals surface area contributed by atoms with Crippen LogP contribution in [0.1, 0.15) is 17.0 Å². The van der Waals surface area contributed by atoms with Crippen LogP contribution in [-0.2, 0) is 0 Å². The second-order valence-electron chi connectivity index (χ2n) is 5.39. The van der Waals surface area contributed by atoms with Crippen molar-refractivity contribution >= 4 is 11.6 Å². The van der Waals surface area contributed by atoms with E-state index in [1.807, 2.05) is 6.07 Å². The Hall–Kier alpha value is -3.55. The van der Waals surface area contributed by atoms with Crippen molar-refractivity contribution in [1.82, 2.24) is 9.90 Å². The Bertz CT molecular complexity index is 946. The van der Waals surface area contributed by atoms with Crippen LogP contribution in [-0.4, -0.2) is 20.7 Å². The second-order valence-corrected chi connectivity index (χ2v) is 5.39. The molecule has 0 unspecified atom stereocenters. The lowest BCUT2D eigenvalue weighted by molar-refractivity contribution is -0.762. The van der Waals surface area contributed by atoms with Crippen LogP contribution in [0.15, 0.2) is 59.7 Å². The number of hydrogen-bond acceptors (Lipinski definition) is 5. The van der Waals surface area contributed by atoms with E-state index in [1.165, 1.54) is 21.7 Å². The summed E-state index contributed by atoms with van der Waals surface area (Å²) in [6.45, 7) is 3.60. The van der Waals surface area contributed by atoms with Gasteiger partial charge >= 0.3 is 0 Å². The van der Waals surface area contributed by atoms with Crippen LogP contribution in [0.2, 0.25) is 0 Å². The molecular formula is C17H15N5O3. The number of aromatic nitrogens is 3. The maximum Gasteiger partial charge on any atom is 0.269 e. The van der Waals surface area contributed by atoms with Crippen molar-refractivity contribution in [3.8, 4) is 5.69 Å². The molecule has 0 aliphatic carbocycles. The van der Waals surface area contributed by atoms with Gasteiger partial charge < -0.3 is 5.11 Å². The van der Waals surface area contributed by atoms with Crippen molar-refractivity contribution in [3.63, 3.8) is 0 Å². The molecule has 0 bridgehead atoms. The molecule has 0 amide bonds. The van der Waals surface area contributed by atoms with Gasteiger partial charge in [0.25, 0.3) is 5.69 Å². The first kappa shape index (κ1) is 16.3. The fraction of sp³-hybridized carbons (Fsp3) is 0.118. The lowest BCUT2D eigenvalue weighted by Gasteiger charge is -2.08. The quantitative estimate of drug-likeness (QED) is 0.235. The molecule has 0 N–H and O–H groups in total. The molecule has 0 radical (unpaired) electrons. The van der Waals surface area contributed by atoms with E-state index in [-0.39, 0.29) is 5.69 Å². The summed E-state index contributed by atoms with van der Waals surface area (Å²) in [5, 5.41) is 31.7. The van der Waals surface area contributed by atoms with Crippen LogP contribution in [0.4, 0.5) is 5.69 Å². The van der Waals surface area contributed by atoms with Gasteiger partial charge in [0.1, 0.15) is 5.69 Å². The standard InChI is InChI=1S/C17H15N5O3/c1-12-13(2)20(19-17(23)14-6-4-3-5-7-14)21(18-12)15-8-10-16(11-9-15)22(24)25/h3-11H,1-2H3. The summed E-state index contributed by atoms with van der Waals surface area (Å²) in [5.41, 5.74) is 2.40. The number of rotatable bonds is 4. The Morgan fingerprint density at radius 2 is 1.76 bits per heavy atom. The number of aryl methyl sites for hydroxylation is 1. The van der Waals surface area contributed by atoms with E-state index in [9.17, 15) is 15.2 Å². The van der Waals surface area contributed by atoms with E-state index in [4.69, 9.17) is 0 Å². The summed E-state index contributed by atoms with van der Waals surface area (Å²) in [6, 6.07) is 14.6. The first-order valence-corrected chi connectivity index (χ1v) is 7.52. The van der Waals surface area contributed by atoms with E-state index >= 15 is 0 Å². The molecule has 1 aromatic heterocycles. The van der Waals surface area contributed by atoms with Crippen molar-refractivity contribution in [2.75, 3.05) is 0 Å². The minimum absolute atomic E-state index is 0.0202. The van der Waals surface area contributed by atoms with Gasteiger partial charge in [0.05, 0.1) is 10.0 Å². The predicted molar refractivity (Wildman–Crippen MR) is 88.3 cm³/mol. The predicted octanol–water partition coefficient (Wildman–Crippen LogP) is 1.26. The molecule has 1 heterocycles. The fourth-order valence-corrected chi connectivity index (χ4v) is 2.26. The summed E-state index contributed by atoms with van der Waals surface area (Å²) in [5.74, 6) is -0.406. The minimum atomic E-state index is -0.472. The van der Waals surface area contributed by atoms with E-state index in [0.717, 1.165) is 0 Å². The van der Waals surface area contributed by atoms with Crippen molar-refractivity contribution < 1.29 is 14.8 Å². The van der Waals surface area contributed by atoms with Crippen molar-refractivity contribution in [1.29, 1.82) is 0 Å². The minimum Gasteiger partial charge on any atom is -0.856 e. The number of nitro groups is 1. The van der Waals surface area contributed by atoms with Crippen molar-refractivity contribution in [2.24, 2.45) is 5.10 Å². The lowest BCUT2D eigenvalue weighted by atomic mass is 10.2. The Balaban J connectivity index is 2.07. The summed E-state index contributed by atoms with van der Waals surface area (Å²) in [4.78, 5) is 13.2. The van der Waals surface area contributed by atoms with Gasteiger partial charge in [-0.25, -0.2) is 0 Å². The number of nitrogens with zero attached hydrogens (tertiary/aromatic N) is 5. The third kappa shape index (κ3) is 3.23. The monoisotopic (exact) mass is 337 g/mol. The molecule has 126 valence electrons. The zero-order chi connectivity index (χ0) is 18.0. The maximum atomic E-state index is 12.4. The average Bonchev–Trinajstić information content (AvgIpc) is 2.91. The average molecular weight is 337 g/mol. The lowest BCUT2D eigenvalue weighted by Crippen LogP contribution is -2.43. The summed E-state index contributed by atoms with van der Waals surface area (Å²) in [7, 11) is 0. The normalized spacial score (nSPS) is 11.5. The van der Waals surface area contributed by atoms with Gasteiger partial charge in [0.2, 0.25) is 11.4 Å². The SMILES string of the molecule is Cc1nn(-c2ccc([N+](=O)[O-])cc2)[n+](/N=C(\[O-])c2ccccc2)c1C. The van der Waals surface area contributed by atoms with Crippen LogP contribution in [0.3, 0.4) is 0 Å². The zero-order valence-corrected chi connectivity index (χ0v) is 13.7. The van der Waals surface area contributed by atoms with Crippen LogP contribution in [0.5, 0.6) is 0 Å². The molecule has 3 aromatic rings. The Morgan fingerprint density at radius 3 is 2.36 bits per heavy atom. The third-order valence-corrected chi connectivity index (χ3v) is 3.75. The van der Waals surface area contributed by atoms with E-state index < -0.39 is 10.8 Å². The molecular weight excluding hydrogens is 322 g/mol. The summed E-state index contributed by atoms with van der Waals surface area (Å²) < 4.78 is 0. The van der Waals surface area contributed by atoms with Gasteiger partial charge in [-0.1, -0.05) is 35.4 Å². The number of nitro benzene ring substituents is 1. The molecule has 0 atom stereocenters. The molecule has 8 nitrogen and oxygen atoms in total. The summed E-state index contributed by atoms with van der Waals surface area (Å²) in [6.07, 6.45) is 0. The Morgan fingerprint density at radius 1 is 1.12 bits per heavy atom. The molecule has 3 rings (SSSR count). The number of non-ortho nitro benzene ring substituents is 1. The van der Waals surface area contributed by atoms with Crippen LogP contribution in [0.25, 0.3) is 5.69 Å². The molecule has 0 saturated carbocycles. The number of benzene rings is 2. The third-order valence-electron chi connectivity index (χ3n) is 3.75. The molecule has 0 aliphatic rings. The van der Waals surface area contributed by atoms with Gasteiger partial charge in [0, 0.05) is 36.7 Å². The largest absolute Gasteiger partial charge is 0.856 e. The molecule has 0 spiro atoms. The zero-order valence-electron chi connectivity index (χ0n) is 13.7. The van der Waals surface area contributed by atoms with E-state index in [0.29, 0.717) is 22.6 Å². The molecule has 25 heavy (non-hydrogen) atoms. The highest BCUT2D eigenvalue weighted by atomic mass is 16.6. The molecule has 0 saturated heterocycles. The van der Waals surface area contributed by atoms with Crippen LogP contribution in [0, 0.1) is 24.0 Å². The fourth-order valence-electron chi connectivity index (χ4n) is 2.26. The molecule has 0 aliphatic heterocycles. The molecule has 8 heteroatoms. The van der Waals surface area contributed by atoms with Gasteiger partial charge in [-0.2, -0.15) is 0 Å². The highest BCUT2D eigenvalue weighted by Gasteiger charge is 2.21. The Kier molecular flexibility index (Phi) is 4.25. The first-order chi connectivity index (χ1) is 12.0. The maximum absolute atomic E-state index is 12.4. The first-order valence-electron chi connectivity index (χ1n) is 7.52.